The van der Waals surface area contributed by atoms with Gasteiger partial charge in [-0.25, -0.2) is 4.98 Å². The van der Waals surface area contributed by atoms with E-state index in [4.69, 9.17) is 14.6 Å². The predicted molar refractivity (Wildman–Crippen MR) is 117 cm³/mol. The Morgan fingerprint density at radius 3 is 2.45 bits per heavy atom. The number of nitrogen functional groups attached to an aromatic ring is 1. The Balaban J connectivity index is 1.46. The fraction of sp³-hybridized carbons (Fsp3) is 0.0435. The zero-order valence-corrected chi connectivity index (χ0v) is 16.6. The van der Waals surface area contributed by atoms with E-state index in [1.54, 1.807) is 24.7 Å². The quantitative estimate of drug-likeness (QED) is 0.385. The highest BCUT2D eigenvalue weighted by atomic mass is 16.4. The first-order valence-electron chi connectivity index (χ1n) is 9.60. The third-order valence-corrected chi connectivity index (χ3v) is 4.82. The summed E-state index contributed by atoms with van der Waals surface area (Å²) >= 11 is 0. The summed E-state index contributed by atoms with van der Waals surface area (Å²) in [7, 11) is 0. The van der Waals surface area contributed by atoms with E-state index in [-0.39, 0.29) is 0 Å². The third-order valence-electron chi connectivity index (χ3n) is 4.82. The Hall–Kier alpha value is -4.46. The molecule has 2 aromatic carbocycles. The van der Waals surface area contributed by atoms with Crippen LogP contribution in [-0.2, 0) is 0 Å². The Labute approximate surface area is 177 Å². The third kappa shape index (κ3) is 3.74. The molecular formula is C23H18N6O2. The van der Waals surface area contributed by atoms with Crippen LogP contribution in [0.2, 0.25) is 0 Å². The number of pyridine rings is 1. The first-order chi connectivity index (χ1) is 15.2. The van der Waals surface area contributed by atoms with Gasteiger partial charge in [-0.3, -0.25) is 4.98 Å². The van der Waals surface area contributed by atoms with Crippen molar-refractivity contribution in [1.82, 2.24) is 20.2 Å². The second kappa shape index (κ2) is 7.75. The highest BCUT2D eigenvalue weighted by Gasteiger charge is 2.17. The number of hydrogen-bond donors (Lipinski definition) is 2. The average molecular weight is 410 g/mol. The van der Waals surface area contributed by atoms with Crippen LogP contribution in [0.25, 0.3) is 34.2 Å². The zero-order valence-electron chi connectivity index (χ0n) is 16.6. The van der Waals surface area contributed by atoms with Crippen molar-refractivity contribution in [2.75, 3.05) is 11.1 Å². The first kappa shape index (κ1) is 18.6. The van der Waals surface area contributed by atoms with Crippen molar-refractivity contribution in [2.24, 2.45) is 0 Å². The van der Waals surface area contributed by atoms with Crippen molar-refractivity contribution in [3.8, 4) is 34.2 Å². The fourth-order valence-corrected chi connectivity index (χ4v) is 3.21. The molecule has 5 rings (SSSR count). The topological polar surface area (TPSA) is 116 Å². The van der Waals surface area contributed by atoms with Crippen LogP contribution in [-0.4, -0.2) is 20.2 Å². The molecule has 0 amide bonds. The molecule has 8 nitrogen and oxygen atoms in total. The first-order valence-corrected chi connectivity index (χ1v) is 9.60. The van der Waals surface area contributed by atoms with E-state index >= 15 is 0 Å². The van der Waals surface area contributed by atoms with Gasteiger partial charge in [0.1, 0.15) is 0 Å². The second-order valence-corrected chi connectivity index (χ2v) is 6.91. The van der Waals surface area contributed by atoms with Gasteiger partial charge in [-0.2, -0.15) is 0 Å². The molecule has 31 heavy (non-hydrogen) atoms. The van der Waals surface area contributed by atoms with Crippen LogP contribution >= 0.6 is 0 Å². The zero-order chi connectivity index (χ0) is 21.2. The van der Waals surface area contributed by atoms with Gasteiger partial charge in [-0.1, -0.05) is 18.2 Å². The average Bonchev–Trinajstić information content (AvgIpc) is 3.47. The van der Waals surface area contributed by atoms with Crippen molar-refractivity contribution >= 4 is 17.4 Å². The van der Waals surface area contributed by atoms with E-state index in [2.05, 4.69) is 25.5 Å². The number of benzene rings is 2. The van der Waals surface area contributed by atoms with Crippen LogP contribution < -0.4 is 11.1 Å². The molecule has 0 aliphatic heterocycles. The standard InChI is InChI=1S/C23H18N6O2/c1-14-18(22-29-28-21(31-22)16-5-3-2-4-6-16)11-17(24)12-19(14)27-23-26-13-20(30-23)15-7-9-25-10-8-15/h2-13H,24H2,1H3,(H,26,27). The van der Waals surface area contributed by atoms with Gasteiger partial charge in [0, 0.05) is 40.5 Å². The van der Waals surface area contributed by atoms with Gasteiger partial charge in [0.2, 0.25) is 11.8 Å². The number of nitrogens with one attached hydrogen (secondary N) is 1. The summed E-state index contributed by atoms with van der Waals surface area (Å²) in [4.78, 5) is 8.33. The lowest BCUT2D eigenvalue weighted by molar-refractivity contribution is 0.584. The van der Waals surface area contributed by atoms with Crippen LogP contribution in [0.4, 0.5) is 17.4 Å². The van der Waals surface area contributed by atoms with E-state index in [0.717, 1.165) is 27.9 Å². The number of hydrogen-bond acceptors (Lipinski definition) is 8. The van der Waals surface area contributed by atoms with Crippen LogP contribution in [0.5, 0.6) is 0 Å². The predicted octanol–water partition coefficient (Wildman–Crippen LogP) is 5.09. The highest BCUT2D eigenvalue weighted by Crippen LogP contribution is 2.34. The maximum Gasteiger partial charge on any atom is 0.299 e. The van der Waals surface area contributed by atoms with Gasteiger partial charge in [0.25, 0.3) is 6.01 Å². The SMILES string of the molecule is Cc1c(Nc2ncc(-c3ccncc3)o2)cc(N)cc1-c1nnc(-c2ccccc2)o1. The molecule has 0 spiro atoms. The molecule has 3 aromatic heterocycles. The molecule has 0 radical (unpaired) electrons. The molecular weight excluding hydrogens is 392 g/mol. The van der Waals surface area contributed by atoms with Crippen LogP contribution in [0.3, 0.4) is 0 Å². The number of nitrogens with two attached hydrogens (primary N) is 1. The number of anilines is 3. The summed E-state index contributed by atoms with van der Waals surface area (Å²) < 4.78 is 11.7. The Kier molecular flexibility index (Phi) is 4.64. The molecule has 0 bridgehead atoms. The minimum Gasteiger partial charge on any atom is -0.423 e. The van der Waals surface area contributed by atoms with Crippen molar-refractivity contribution in [3.05, 3.63) is 78.8 Å². The summed E-state index contributed by atoms with van der Waals surface area (Å²) in [5.74, 6) is 1.47. The largest absolute Gasteiger partial charge is 0.423 e. The molecule has 152 valence electrons. The van der Waals surface area contributed by atoms with Crippen LogP contribution in [0.15, 0.2) is 82.0 Å². The monoisotopic (exact) mass is 410 g/mol. The van der Waals surface area contributed by atoms with Gasteiger partial charge in [0.15, 0.2) is 5.76 Å². The van der Waals surface area contributed by atoms with Crippen molar-refractivity contribution in [3.63, 3.8) is 0 Å². The van der Waals surface area contributed by atoms with E-state index in [1.807, 2.05) is 55.5 Å². The molecule has 0 aliphatic carbocycles. The lowest BCUT2D eigenvalue weighted by Gasteiger charge is -2.11. The van der Waals surface area contributed by atoms with Gasteiger partial charge < -0.3 is 19.9 Å². The molecule has 0 saturated heterocycles. The normalized spacial score (nSPS) is 10.9. The molecule has 3 N–H and O–H groups in total. The summed E-state index contributed by atoms with van der Waals surface area (Å²) in [5.41, 5.74) is 10.8. The number of oxazole rings is 1. The summed E-state index contributed by atoms with van der Waals surface area (Å²) in [5, 5.41) is 11.6. The maximum absolute atomic E-state index is 6.15. The molecule has 8 heteroatoms. The Morgan fingerprint density at radius 2 is 1.65 bits per heavy atom. The van der Waals surface area contributed by atoms with E-state index in [1.165, 1.54) is 0 Å². The van der Waals surface area contributed by atoms with E-state index < -0.39 is 0 Å². The lowest BCUT2D eigenvalue weighted by Crippen LogP contribution is -1.98. The van der Waals surface area contributed by atoms with Crippen LogP contribution in [0, 0.1) is 6.92 Å². The minimum atomic E-state index is 0.349. The molecule has 0 aliphatic rings. The van der Waals surface area contributed by atoms with Crippen molar-refractivity contribution in [1.29, 1.82) is 0 Å². The molecule has 0 saturated carbocycles. The van der Waals surface area contributed by atoms with E-state index in [0.29, 0.717) is 29.2 Å². The Morgan fingerprint density at radius 1 is 0.871 bits per heavy atom. The smallest absolute Gasteiger partial charge is 0.299 e. The summed E-state index contributed by atoms with van der Waals surface area (Å²) in [6, 6.07) is 17.3. The second-order valence-electron chi connectivity index (χ2n) is 6.91. The van der Waals surface area contributed by atoms with Gasteiger partial charge >= 0.3 is 0 Å². The van der Waals surface area contributed by atoms with Gasteiger partial charge in [-0.15, -0.1) is 10.2 Å². The summed E-state index contributed by atoms with van der Waals surface area (Å²) in [6.07, 6.45) is 5.06. The molecule has 0 atom stereocenters. The highest BCUT2D eigenvalue weighted by molar-refractivity contribution is 5.76. The molecule has 3 heterocycles. The minimum absolute atomic E-state index is 0.349. The van der Waals surface area contributed by atoms with Crippen molar-refractivity contribution in [2.45, 2.75) is 6.92 Å². The van der Waals surface area contributed by atoms with E-state index in [9.17, 15) is 0 Å². The summed E-state index contributed by atoms with van der Waals surface area (Å²) in [6.45, 7) is 1.94. The van der Waals surface area contributed by atoms with Crippen molar-refractivity contribution < 1.29 is 8.83 Å². The van der Waals surface area contributed by atoms with Gasteiger partial charge in [-0.05, 0) is 48.9 Å². The number of aromatic nitrogens is 4. The van der Waals surface area contributed by atoms with Gasteiger partial charge in [0.05, 0.1) is 6.20 Å². The number of rotatable bonds is 5. The molecule has 5 aromatic rings. The fourth-order valence-electron chi connectivity index (χ4n) is 3.21. The maximum atomic E-state index is 6.15. The number of nitrogens with zero attached hydrogens (tertiary/aromatic N) is 4. The molecule has 0 fully saturated rings. The molecule has 0 unspecified atom stereocenters. The Bertz CT molecular complexity index is 1330. The van der Waals surface area contributed by atoms with Crippen LogP contribution in [0.1, 0.15) is 5.56 Å². The lowest BCUT2D eigenvalue weighted by atomic mass is 10.1.